The van der Waals surface area contributed by atoms with Crippen LogP contribution in [0.25, 0.3) is 11.3 Å². The summed E-state index contributed by atoms with van der Waals surface area (Å²) in [6.45, 7) is 0.647. The van der Waals surface area contributed by atoms with Gasteiger partial charge in [-0.15, -0.1) is 11.6 Å². The molecular formula is C30H29Cl2N5O3. The maximum absolute atomic E-state index is 14.1. The highest BCUT2D eigenvalue weighted by Crippen LogP contribution is 2.36. The highest BCUT2D eigenvalue weighted by atomic mass is 35.5. The van der Waals surface area contributed by atoms with Crippen LogP contribution in [-0.4, -0.2) is 51.1 Å². The first-order valence-electron chi connectivity index (χ1n) is 13.0. The number of hydrogen-bond acceptors (Lipinski definition) is 5. The minimum atomic E-state index is -0.556. The average Bonchev–Trinajstić information content (AvgIpc) is 3.59. The number of ether oxygens (including phenoxy) is 1. The van der Waals surface area contributed by atoms with E-state index in [4.69, 9.17) is 28.2 Å². The van der Waals surface area contributed by atoms with Crippen molar-refractivity contribution in [1.29, 1.82) is 0 Å². The second-order valence-corrected chi connectivity index (χ2v) is 10.3. The summed E-state index contributed by atoms with van der Waals surface area (Å²) in [6, 6.07) is 25.7. The Morgan fingerprint density at radius 1 is 1.07 bits per heavy atom. The number of benzene rings is 3. The molecule has 2 amide bonds. The Balaban J connectivity index is 1.56. The first kappa shape index (κ1) is 27.7. The van der Waals surface area contributed by atoms with Crippen molar-refractivity contribution in [2.75, 3.05) is 19.0 Å². The number of nitrogens with one attached hydrogen (secondary N) is 2. The van der Waals surface area contributed by atoms with Crippen LogP contribution in [-0.2, 0) is 11.2 Å². The molecule has 0 saturated carbocycles. The van der Waals surface area contributed by atoms with Gasteiger partial charge in [-0.25, -0.2) is 9.78 Å². The third-order valence-electron chi connectivity index (χ3n) is 6.81. The van der Waals surface area contributed by atoms with Crippen molar-refractivity contribution in [3.63, 3.8) is 0 Å². The van der Waals surface area contributed by atoms with Gasteiger partial charge in [0.15, 0.2) is 0 Å². The molecule has 8 nitrogen and oxygen atoms in total. The van der Waals surface area contributed by atoms with Crippen molar-refractivity contribution in [3.8, 4) is 11.3 Å². The molecule has 1 aliphatic rings. The second-order valence-electron chi connectivity index (χ2n) is 9.44. The first-order valence-corrected chi connectivity index (χ1v) is 13.8. The van der Waals surface area contributed by atoms with Gasteiger partial charge in [0.05, 0.1) is 7.11 Å². The van der Waals surface area contributed by atoms with Crippen molar-refractivity contribution >= 4 is 40.9 Å². The van der Waals surface area contributed by atoms with Crippen molar-refractivity contribution < 1.29 is 14.3 Å². The van der Waals surface area contributed by atoms with Gasteiger partial charge in [0, 0.05) is 29.8 Å². The third-order valence-corrected chi connectivity index (χ3v) is 7.53. The molecule has 206 valence electrons. The fraction of sp³-hybridized carbons (Fsp3) is 0.233. The number of methoxy groups -OCH3 is 1. The summed E-state index contributed by atoms with van der Waals surface area (Å²) in [6.07, 6.45) is 1.58. The molecule has 2 unspecified atom stereocenters. The molecule has 0 spiro atoms. The van der Waals surface area contributed by atoms with E-state index in [0.717, 1.165) is 24.0 Å². The van der Waals surface area contributed by atoms with Crippen molar-refractivity contribution in [2.24, 2.45) is 0 Å². The monoisotopic (exact) mass is 577 g/mol. The Morgan fingerprint density at radius 3 is 2.38 bits per heavy atom. The summed E-state index contributed by atoms with van der Waals surface area (Å²) >= 11 is 13.5. The fourth-order valence-electron chi connectivity index (χ4n) is 4.84. The predicted octanol–water partition coefficient (Wildman–Crippen LogP) is 6.91. The van der Waals surface area contributed by atoms with Gasteiger partial charge in [-0.05, 0) is 42.7 Å². The Labute approximate surface area is 242 Å². The number of alkyl halides is 1. The van der Waals surface area contributed by atoms with Crippen LogP contribution in [0.4, 0.5) is 10.5 Å². The number of amides is 2. The van der Waals surface area contributed by atoms with Gasteiger partial charge >= 0.3 is 6.09 Å². The van der Waals surface area contributed by atoms with Crippen LogP contribution >= 0.6 is 23.2 Å². The normalized spacial score (nSPS) is 15.9. The molecule has 2 atom stereocenters. The van der Waals surface area contributed by atoms with Crippen LogP contribution in [0.5, 0.6) is 0 Å². The summed E-state index contributed by atoms with van der Waals surface area (Å²) in [5.41, 5.74) is 3.13. The van der Waals surface area contributed by atoms with Crippen LogP contribution in [0.15, 0.2) is 84.9 Å². The number of hydrazine groups is 1. The maximum Gasteiger partial charge on any atom is 0.411 e. The number of carbonyl (C=O) groups is 2. The molecule has 3 aromatic carbocycles. The molecule has 0 radical (unpaired) electrons. The summed E-state index contributed by atoms with van der Waals surface area (Å²) in [7, 11) is 1.31. The number of hydrogen-bond donors (Lipinski definition) is 2. The molecule has 40 heavy (non-hydrogen) atoms. The molecule has 2 N–H and O–H groups in total. The summed E-state index contributed by atoms with van der Waals surface area (Å²) in [4.78, 5) is 33.8. The van der Waals surface area contributed by atoms with Gasteiger partial charge in [0.1, 0.15) is 28.2 Å². The van der Waals surface area contributed by atoms with E-state index in [9.17, 15) is 9.59 Å². The second kappa shape index (κ2) is 12.6. The third kappa shape index (κ3) is 6.14. The van der Waals surface area contributed by atoms with Gasteiger partial charge in [0.25, 0.3) is 5.91 Å². The lowest BCUT2D eigenvalue weighted by atomic mass is 10.0. The van der Waals surface area contributed by atoms with Crippen molar-refractivity contribution in [3.05, 3.63) is 107 Å². The van der Waals surface area contributed by atoms with Crippen LogP contribution in [0, 0.1) is 0 Å². The molecule has 1 saturated heterocycles. The number of rotatable bonds is 8. The van der Waals surface area contributed by atoms with E-state index in [-0.39, 0.29) is 11.4 Å². The van der Waals surface area contributed by atoms with Crippen molar-refractivity contribution in [1.82, 2.24) is 20.0 Å². The molecule has 5 rings (SSSR count). The van der Waals surface area contributed by atoms with E-state index in [0.29, 0.717) is 40.9 Å². The molecule has 1 fully saturated rings. The molecule has 10 heteroatoms. The minimum Gasteiger partial charge on any atom is -0.453 e. The van der Waals surface area contributed by atoms with E-state index in [1.165, 1.54) is 7.11 Å². The number of halogens is 2. The van der Waals surface area contributed by atoms with Gasteiger partial charge in [0.2, 0.25) is 0 Å². The Kier molecular flexibility index (Phi) is 8.69. The minimum absolute atomic E-state index is 0.165. The van der Waals surface area contributed by atoms with Gasteiger partial charge in [-0.3, -0.25) is 15.1 Å². The van der Waals surface area contributed by atoms with Crippen LogP contribution in [0.1, 0.15) is 40.6 Å². The Bertz CT molecular complexity index is 1450. The van der Waals surface area contributed by atoms with Gasteiger partial charge < -0.3 is 9.72 Å². The van der Waals surface area contributed by atoms with E-state index in [1.807, 2.05) is 65.7 Å². The lowest BCUT2D eigenvalue weighted by molar-refractivity contribution is -0.0329. The quantitative estimate of drug-likeness (QED) is 0.175. The zero-order valence-corrected chi connectivity index (χ0v) is 23.4. The highest BCUT2D eigenvalue weighted by molar-refractivity contribution is 6.32. The average molecular weight is 579 g/mol. The SMILES string of the molecule is COC(=O)Nc1ccc(-c2nc(C(Cc3ccccc3)N(C(=O)c3ccccc3)N3CCCC3Cl)[nH]c2Cl)cc1. The number of nitrogens with zero attached hydrogens (tertiary/aromatic N) is 3. The molecular weight excluding hydrogens is 549 g/mol. The van der Waals surface area contributed by atoms with Crippen molar-refractivity contribution in [2.45, 2.75) is 30.8 Å². The largest absolute Gasteiger partial charge is 0.453 e. The number of aromatic nitrogens is 2. The molecule has 0 bridgehead atoms. The zero-order valence-electron chi connectivity index (χ0n) is 21.9. The zero-order chi connectivity index (χ0) is 28.1. The van der Waals surface area contributed by atoms with Gasteiger partial charge in [-0.2, -0.15) is 5.01 Å². The van der Waals surface area contributed by atoms with Crippen LogP contribution < -0.4 is 5.32 Å². The fourth-order valence-corrected chi connectivity index (χ4v) is 5.43. The maximum atomic E-state index is 14.1. The van der Waals surface area contributed by atoms with E-state index in [2.05, 4.69) is 15.0 Å². The number of anilines is 1. The molecule has 0 aliphatic carbocycles. The number of imidazole rings is 1. The molecule has 1 aliphatic heterocycles. The first-order chi connectivity index (χ1) is 19.4. The van der Waals surface area contributed by atoms with Gasteiger partial charge in [-0.1, -0.05) is 72.3 Å². The molecule has 4 aromatic rings. The molecule has 2 heterocycles. The van der Waals surface area contributed by atoms with Crippen LogP contribution in [0.3, 0.4) is 0 Å². The Hall–Kier alpha value is -3.85. The standard InChI is InChI=1S/C30H29Cl2N5O3/c1-40-30(39)33-23-16-14-21(15-17-23)26-27(32)35-28(34-26)24(19-20-9-4-2-5-10-20)37(36-18-8-13-25(36)31)29(38)22-11-6-3-7-12-22/h2-7,9-12,14-17,24-25H,8,13,18-19H2,1H3,(H,33,39)(H,34,35). The smallest absolute Gasteiger partial charge is 0.411 e. The number of carbonyl (C=O) groups excluding carboxylic acids is 2. The Morgan fingerprint density at radius 2 is 1.75 bits per heavy atom. The summed E-state index contributed by atoms with van der Waals surface area (Å²) in [5.74, 6) is 0.377. The lowest BCUT2D eigenvalue weighted by Crippen LogP contribution is -2.50. The summed E-state index contributed by atoms with van der Waals surface area (Å²) in [5, 5.41) is 6.66. The van der Waals surface area contributed by atoms with E-state index >= 15 is 0 Å². The van der Waals surface area contributed by atoms with E-state index in [1.54, 1.807) is 29.3 Å². The topological polar surface area (TPSA) is 90.6 Å². The molecule has 1 aromatic heterocycles. The highest BCUT2D eigenvalue weighted by Gasteiger charge is 2.38. The summed E-state index contributed by atoms with van der Waals surface area (Å²) < 4.78 is 4.66. The van der Waals surface area contributed by atoms with E-state index < -0.39 is 12.1 Å². The van der Waals surface area contributed by atoms with Crippen LogP contribution in [0.2, 0.25) is 5.15 Å². The lowest BCUT2D eigenvalue weighted by Gasteiger charge is -2.39. The predicted molar refractivity (Wildman–Crippen MR) is 156 cm³/mol. The number of aromatic amines is 1. The number of H-pyrrole nitrogens is 1.